The zero-order chi connectivity index (χ0) is 16.2. The van der Waals surface area contributed by atoms with Crippen LogP contribution in [-0.2, 0) is 9.53 Å². The number of carbonyl (C=O) groups excluding carboxylic acids is 2. The molecule has 0 aliphatic rings. The second-order valence-electron chi connectivity index (χ2n) is 4.54. The number of hydrogen-bond acceptors (Lipinski definition) is 5. The first-order valence-electron chi connectivity index (χ1n) is 6.47. The Morgan fingerprint density at radius 2 is 1.86 bits per heavy atom. The molecule has 1 aromatic rings. The fraction of sp³-hybridized carbons (Fsp3) is 0.429. The third-order valence-corrected chi connectivity index (χ3v) is 3.17. The predicted molar refractivity (Wildman–Crippen MR) is 84.7 cm³/mol. The molecule has 0 saturated heterocycles. The van der Waals surface area contributed by atoms with Crippen molar-refractivity contribution in [3.63, 3.8) is 0 Å². The Hall–Kier alpha value is -2.15. The molecule has 1 aromatic carbocycles. The molecule has 0 aromatic heterocycles. The van der Waals surface area contributed by atoms with E-state index in [0.29, 0.717) is 6.54 Å². The van der Waals surface area contributed by atoms with Crippen LogP contribution in [-0.4, -0.2) is 53.9 Å². The topological polar surface area (TPSA) is 90.3 Å². The third kappa shape index (κ3) is 4.17. The summed E-state index contributed by atoms with van der Waals surface area (Å²) in [4.78, 5) is 26.8. The molecule has 124 valence electrons. The maximum atomic E-state index is 12.4. The lowest BCUT2D eigenvalue weighted by molar-refractivity contribution is -0.141. The lowest BCUT2D eigenvalue weighted by Gasteiger charge is -2.31. The summed E-state index contributed by atoms with van der Waals surface area (Å²) in [6.07, 6.45) is 0. The van der Waals surface area contributed by atoms with Crippen LogP contribution >= 0.6 is 12.4 Å². The molecule has 0 aliphatic carbocycles. The maximum absolute atomic E-state index is 12.4. The van der Waals surface area contributed by atoms with E-state index in [2.05, 4.69) is 4.74 Å². The zero-order valence-corrected chi connectivity index (χ0v) is 13.8. The van der Waals surface area contributed by atoms with Crippen molar-refractivity contribution in [1.29, 1.82) is 0 Å². The highest BCUT2D eigenvalue weighted by Crippen LogP contribution is 2.31. The van der Waals surface area contributed by atoms with E-state index < -0.39 is 18.0 Å². The lowest BCUT2D eigenvalue weighted by Crippen LogP contribution is -2.49. The number of phenols is 2. The van der Waals surface area contributed by atoms with Crippen molar-refractivity contribution < 1.29 is 24.5 Å². The molecule has 8 heteroatoms. The minimum absolute atomic E-state index is 0. The van der Waals surface area contributed by atoms with Gasteiger partial charge in [0.1, 0.15) is 6.04 Å². The molecule has 0 heterocycles. The van der Waals surface area contributed by atoms with Gasteiger partial charge in [-0.15, -0.1) is 12.4 Å². The van der Waals surface area contributed by atoms with E-state index in [1.165, 1.54) is 42.0 Å². The van der Waals surface area contributed by atoms with Gasteiger partial charge in [-0.3, -0.25) is 4.90 Å². The van der Waals surface area contributed by atoms with E-state index in [4.69, 9.17) is 0 Å². The number of urea groups is 1. The van der Waals surface area contributed by atoms with E-state index in [-0.39, 0.29) is 29.6 Å². The van der Waals surface area contributed by atoms with Gasteiger partial charge in [-0.1, -0.05) is 0 Å². The van der Waals surface area contributed by atoms with Crippen molar-refractivity contribution in [1.82, 2.24) is 4.90 Å². The standard InChI is InChI=1S/C14H20N2O5.ClH/c1-5-15(3)14(20)16(9(2)13(19)21-4)10-6-7-11(17)12(18)8-10;/h6-9,17-18H,5H2,1-4H3;1H. The molecule has 0 saturated carbocycles. The van der Waals surface area contributed by atoms with Crippen LogP contribution in [0.2, 0.25) is 0 Å². The van der Waals surface area contributed by atoms with Gasteiger partial charge >= 0.3 is 12.0 Å². The normalized spacial score (nSPS) is 11.1. The van der Waals surface area contributed by atoms with Crippen molar-refractivity contribution >= 4 is 30.1 Å². The Morgan fingerprint density at radius 3 is 2.32 bits per heavy atom. The molecule has 0 radical (unpaired) electrons. The third-order valence-electron chi connectivity index (χ3n) is 3.17. The Kier molecular flexibility index (Phi) is 7.52. The summed E-state index contributed by atoms with van der Waals surface area (Å²) in [5.41, 5.74) is 0.286. The molecule has 0 fully saturated rings. The highest BCUT2D eigenvalue weighted by atomic mass is 35.5. The van der Waals surface area contributed by atoms with Crippen LogP contribution in [0.5, 0.6) is 11.5 Å². The van der Waals surface area contributed by atoms with E-state index in [0.717, 1.165) is 0 Å². The average Bonchev–Trinajstić information content (AvgIpc) is 2.48. The number of aromatic hydroxyl groups is 2. The predicted octanol–water partition coefficient (Wildman–Crippen LogP) is 1.96. The first kappa shape index (κ1) is 19.9. The van der Waals surface area contributed by atoms with Crippen molar-refractivity contribution in [2.75, 3.05) is 25.6 Å². The monoisotopic (exact) mass is 332 g/mol. The summed E-state index contributed by atoms with van der Waals surface area (Å²) in [6, 6.07) is 2.62. The van der Waals surface area contributed by atoms with Gasteiger partial charge in [-0.05, 0) is 26.0 Å². The number of hydrogen-bond donors (Lipinski definition) is 2. The second-order valence-corrected chi connectivity index (χ2v) is 4.54. The van der Waals surface area contributed by atoms with Gasteiger partial charge in [0.25, 0.3) is 0 Å². The molecule has 0 spiro atoms. The SMILES string of the molecule is CCN(C)C(=O)N(c1ccc(O)c(O)c1)C(C)C(=O)OC.Cl. The van der Waals surface area contributed by atoms with Gasteiger partial charge < -0.3 is 19.8 Å². The Bertz CT molecular complexity index is 538. The van der Waals surface area contributed by atoms with Gasteiger partial charge in [0.05, 0.1) is 12.8 Å². The molecule has 0 bridgehead atoms. The number of anilines is 1. The quantitative estimate of drug-likeness (QED) is 0.649. The summed E-state index contributed by atoms with van der Waals surface area (Å²) in [7, 11) is 2.83. The Labute approximate surface area is 135 Å². The molecule has 2 N–H and O–H groups in total. The Morgan fingerprint density at radius 1 is 1.27 bits per heavy atom. The van der Waals surface area contributed by atoms with Gasteiger partial charge in [0, 0.05) is 19.7 Å². The number of nitrogens with zero attached hydrogens (tertiary/aromatic N) is 2. The van der Waals surface area contributed by atoms with E-state index in [9.17, 15) is 19.8 Å². The van der Waals surface area contributed by atoms with Gasteiger partial charge in [0.2, 0.25) is 0 Å². The van der Waals surface area contributed by atoms with E-state index in [1.54, 1.807) is 14.0 Å². The van der Waals surface area contributed by atoms with E-state index >= 15 is 0 Å². The van der Waals surface area contributed by atoms with E-state index in [1.807, 2.05) is 0 Å². The molecule has 22 heavy (non-hydrogen) atoms. The molecule has 1 atom stereocenters. The second kappa shape index (κ2) is 8.33. The lowest BCUT2D eigenvalue weighted by atomic mass is 10.2. The fourth-order valence-electron chi connectivity index (χ4n) is 1.76. The molecular weight excluding hydrogens is 312 g/mol. The van der Waals surface area contributed by atoms with Crippen molar-refractivity contribution in [3.8, 4) is 11.5 Å². The minimum atomic E-state index is -0.875. The molecule has 0 aliphatic heterocycles. The van der Waals surface area contributed by atoms with Crippen LogP contribution < -0.4 is 4.90 Å². The summed E-state index contributed by atoms with van der Waals surface area (Å²) < 4.78 is 4.67. The van der Waals surface area contributed by atoms with Crippen LogP contribution in [0, 0.1) is 0 Å². The molecule has 1 unspecified atom stereocenters. The van der Waals surface area contributed by atoms with Crippen molar-refractivity contribution in [3.05, 3.63) is 18.2 Å². The molecule has 1 rings (SSSR count). The zero-order valence-electron chi connectivity index (χ0n) is 12.9. The number of carbonyl (C=O) groups is 2. The molecule has 2 amide bonds. The van der Waals surface area contributed by atoms with Crippen LogP contribution in [0.3, 0.4) is 0 Å². The van der Waals surface area contributed by atoms with Gasteiger partial charge in [-0.25, -0.2) is 9.59 Å². The first-order valence-corrected chi connectivity index (χ1v) is 6.47. The van der Waals surface area contributed by atoms with Gasteiger partial charge in [0.15, 0.2) is 11.5 Å². The molecular formula is C14H21ClN2O5. The highest BCUT2D eigenvalue weighted by molar-refractivity contribution is 5.98. The average molecular weight is 333 g/mol. The number of esters is 1. The Balaban J connectivity index is 0.00000441. The first-order chi connectivity index (χ1) is 9.83. The number of phenolic OH excluding ortho intramolecular Hbond substituents is 2. The summed E-state index contributed by atoms with van der Waals surface area (Å²) in [5, 5.41) is 18.9. The van der Waals surface area contributed by atoms with Crippen molar-refractivity contribution in [2.45, 2.75) is 19.9 Å². The summed E-state index contributed by atoms with van der Waals surface area (Å²) in [5.74, 6) is -1.26. The van der Waals surface area contributed by atoms with Crippen LogP contribution in [0.25, 0.3) is 0 Å². The number of halogens is 1. The summed E-state index contributed by atoms with van der Waals surface area (Å²) in [6.45, 7) is 3.78. The minimum Gasteiger partial charge on any atom is -0.504 e. The van der Waals surface area contributed by atoms with Crippen molar-refractivity contribution in [2.24, 2.45) is 0 Å². The fourth-order valence-corrected chi connectivity index (χ4v) is 1.76. The van der Waals surface area contributed by atoms with Crippen LogP contribution in [0.1, 0.15) is 13.8 Å². The van der Waals surface area contributed by atoms with Gasteiger partial charge in [-0.2, -0.15) is 0 Å². The highest BCUT2D eigenvalue weighted by Gasteiger charge is 2.30. The largest absolute Gasteiger partial charge is 0.504 e. The summed E-state index contributed by atoms with van der Waals surface area (Å²) >= 11 is 0. The number of rotatable bonds is 4. The van der Waals surface area contributed by atoms with Crippen LogP contribution in [0.15, 0.2) is 18.2 Å². The maximum Gasteiger partial charge on any atom is 0.328 e. The number of amides is 2. The number of methoxy groups -OCH3 is 1. The smallest absolute Gasteiger partial charge is 0.328 e. The number of ether oxygens (including phenoxy) is 1. The number of benzene rings is 1. The molecule has 7 nitrogen and oxygen atoms in total. The van der Waals surface area contributed by atoms with Crippen LogP contribution in [0.4, 0.5) is 10.5 Å².